The molecule has 0 aliphatic carbocycles. The van der Waals surface area contributed by atoms with E-state index in [1.54, 1.807) is 10.4 Å². The monoisotopic (exact) mass is 386 g/mol. The first-order chi connectivity index (χ1) is 12.6. The van der Waals surface area contributed by atoms with E-state index in [0.717, 1.165) is 16.8 Å². The Morgan fingerprint density at radius 2 is 1.44 bits per heavy atom. The molecule has 2 aromatic carbocycles. The molecule has 0 radical (unpaired) electrons. The van der Waals surface area contributed by atoms with Gasteiger partial charge >= 0.3 is 0 Å². The van der Waals surface area contributed by atoms with Crippen molar-refractivity contribution in [2.45, 2.75) is 44.9 Å². The van der Waals surface area contributed by atoms with E-state index in [2.05, 4.69) is 49.9 Å². The van der Waals surface area contributed by atoms with Crippen LogP contribution in [0.4, 0.5) is 5.69 Å². The van der Waals surface area contributed by atoms with Crippen LogP contribution in [-0.2, 0) is 15.4 Å². The zero-order valence-electron chi connectivity index (χ0n) is 17.0. The minimum atomic E-state index is -3.43. The molecule has 2 aromatic rings. The third-order valence-electron chi connectivity index (χ3n) is 5.29. The molecular formula is C22H30N2O2S. The van der Waals surface area contributed by atoms with E-state index in [-0.39, 0.29) is 5.41 Å². The predicted molar refractivity (Wildman–Crippen MR) is 112 cm³/mol. The lowest BCUT2D eigenvalue weighted by Crippen LogP contribution is -2.48. The second kappa shape index (κ2) is 7.28. The van der Waals surface area contributed by atoms with Crippen LogP contribution in [0.5, 0.6) is 0 Å². The molecular weight excluding hydrogens is 356 g/mol. The average Bonchev–Trinajstić information content (AvgIpc) is 2.61. The Bertz CT molecular complexity index is 904. The number of benzene rings is 2. The highest BCUT2D eigenvalue weighted by Gasteiger charge is 2.29. The number of nitrogens with zero attached hydrogens (tertiary/aromatic N) is 2. The summed E-state index contributed by atoms with van der Waals surface area (Å²) < 4.78 is 27.7. The van der Waals surface area contributed by atoms with E-state index in [4.69, 9.17) is 0 Å². The summed E-state index contributed by atoms with van der Waals surface area (Å²) >= 11 is 0. The molecule has 1 aliphatic rings. The zero-order valence-corrected chi connectivity index (χ0v) is 17.8. The van der Waals surface area contributed by atoms with Crippen molar-refractivity contribution >= 4 is 15.7 Å². The third-order valence-corrected chi connectivity index (χ3v) is 7.34. The summed E-state index contributed by atoms with van der Waals surface area (Å²) in [7, 11) is -3.43. The van der Waals surface area contributed by atoms with E-state index in [9.17, 15) is 8.42 Å². The molecule has 0 unspecified atom stereocenters. The number of aryl methyl sites for hydroxylation is 2. The SMILES string of the molecule is Cc1ccc(S(=O)(=O)N2CCN(c3ccc(C(C)(C)C)cc3)CC2)c(C)c1. The van der Waals surface area contributed by atoms with Gasteiger partial charge in [-0.05, 0) is 48.6 Å². The van der Waals surface area contributed by atoms with E-state index >= 15 is 0 Å². The topological polar surface area (TPSA) is 40.6 Å². The lowest BCUT2D eigenvalue weighted by molar-refractivity contribution is 0.384. The first-order valence-corrected chi connectivity index (χ1v) is 11.0. The molecule has 4 nitrogen and oxygen atoms in total. The van der Waals surface area contributed by atoms with E-state index < -0.39 is 10.0 Å². The molecule has 0 aromatic heterocycles. The number of piperazine rings is 1. The molecule has 3 rings (SSSR count). The minimum absolute atomic E-state index is 0.136. The van der Waals surface area contributed by atoms with Gasteiger partial charge in [0.2, 0.25) is 10.0 Å². The van der Waals surface area contributed by atoms with Crippen molar-refractivity contribution in [3.8, 4) is 0 Å². The van der Waals surface area contributed by atoms with Gasteiger partial charge in [0.25, 0.3) is 0 Å². The number of rotatable bonds is 3. The summed E-state index contributed by atoms with van der Waals surface area (Å²) in [5.74, 6) is 0. The Kier molecular flexibility index (Phi) is 5.37. The maximum absolute atomic E-state index is 13.0. The average molecular weight is 387 g/mol. The minimum Gasteiger partial charge on any atom is -0.369 e. The normalized spacial score (nSPS) is 16.6. The Morgan fingerprint density at radius 1 is 0.852 bits per heavy atom. The predicted octanol–water partition coefficient (Wildman–Crippen LogP) is 4.11. The van der Waals surface area contributed by atoms with Crippen LogP contribution >= 0.6 is 0 Å². The molecule has 0 amide bonds. The van der Waals surface area contributed by atoms with Crippen LogP contribution < -0.4 is 4.90 Å². The second-order valence-electron chi connectivity index (χ2n) is 8.46. The number of hydrogen-bond donors (Lipinski definition) is 0. The van der Waals surface area contributed by atoms with Crippen LogP contribution in [-0.4, -0.2) is 38.9 Å². The standard InChI is InChI=1S/C22H30N2O2S/c1-17-6-11-21(18(2)16-17)27(25,26)24-14-12-23(13-15-24)20-9-7-19(8-10-20)22(3,4)5/h6-11,16H,12-15H2,1-5H3. The van der Waals surface area contributed by atoms with Crippen LogP contribution in [0, 0.1) is 13.8 Å². The quantitative estimate of drug-likeness (QED) is 0.797. The van der Waals surface area contributed by atoms with E-state index in [1.165, 1.54) is 5.56 Å². The lowest BCUT2D eigenvalue weighted by Gasteiger charge is -2.36. The van der Waals surface area contributed by atoms with Gasteiger partial charge in [0.05, 0.1) is 4.90 Å². The maximum Gasteiger partial charge on any atom is 0.243 e. The fraction of sp³-hybridized carbons (Fsp3) is 0.455. The maximum atomic E-state index is 13.0. The second-order valence-corrected chi connectivity index (χ2v) is 10.4. The molecule has 1 aliphatic heterocycles. The number of hydrogen-bond acceptors (Lipinski definition) is 3. The molecule has 0 N–H and O–H groups in total. The zero-order chi connectivity index (χ0) is 19.8. The Hall–Kier alpha value is -1.85. The van der Waals surface area contributed by atoms with Gasteiger partial charge in [-0.15, -0.1) is 0 Å². The summed E-state index contributed by atoms with van der Waals surface area (Å²) in [6.45, 7) is 12.9. The van der Waals surface area contributed by atoms with Crippen LogP contribution in [0.2, 0.25) is 0 Å². The van der Waals surface area contributed by atoms with Gasteiger partial charge < -0.3 is 4.90 Å². The number of sulfonamides is 1. The highest BCUT2D eigenvalue weighted by atomic mass is 32.2. The molecule has 146 valence electrons. The summed E-state index contributed by atoms with van der Waals surface area (Å²) in [6.07, 6.45) is 0. The van der Waals surface area contributed by atoms with Crippen molar-refractivity contribution in [2.24, 2.45) is 0 Å². The third kappa shape index (κ3) is 4.19. The van der Waals surface area contributed by atoms with Gasteiger partial charge in [0.15, 0.2) is 0 Å². The highest BCUT2D eigenvalue weighted by molar-refractivity contribution is 7.89. The van der Waals surface area contributed by atoms with E-state index in [0.29, 0.717) is 31.1 Å². The molecule has 1 saturated heterocycles. The van der Waals surface area contributed by atoms with Crippen molar-refractivity contribution in [3.05, 3.63) is 59.2 Å². The smallest absolute Gasteiger partial charge is 0.243 e. The van der Waals surface area contributed by atoms with Gasteiger partial charge in [-0.1, -0.05) is 50.6 Å². The first kappa shape index (κ1) is 19.9. The summed E-state index contributed by atoms with van der Waals surface area (Å²) in [6, 6.07) is 14.2. The van der Waals surface area contributed by atoms with Gasteiger partial charge in [-0.2, -0.15) is 4.31 Å². The molecule has 0 atom stereocenters. The van der Waals surface area contributed by atoms with Crippen molar-refractivity contribution in [3.63, 3.8) is 0 Å². The van der Waals surface area contributed by atoms with Crippen molar-refractivity contribution < 1.29 is 8.42 Å². The fourth-order valence-corrected chi connectivity index (χ4v) is 5.21. The molecule has 1 fully saturated rings. The molecule has 5 heteroatoms. The highest BCUT2D eigenvalue weighted by Crippen LogP contribution is 2.27. The Labute approximate surface area is 163 Å². The van der Waals surface area contributed by atoms with Gasteiger partial charge in [-0.3, -0.25) is 0 Å². The molecule has 0 bridgehead atoms. The first-order valence-electron chi connectivity index (χ1n) is 9.52. The largest absolute Gasteiger partial charge is 0.369 e. The number of anilines is 1. The molecule has 0 spiro atoms. The van der Waals surface area contributed by atoms with Crippen LogP contribution in [0.3, 0.4) is 0 Å². The van der Waals surface area contributed by atoms with Crippen LogP contribution in [0.25, 0.3) is 0 Å². The van der Waals surface area contributed by atoms with Gasteiger partial charge in [0.1, 0.15) is 0 Å². The summed E-state index contributed by atoms with van der Waals surface area (Å²) in [4.78, 5) is 2.69. The van der Waals surface area contributed by atoms with Crippen molar-refractivity contribution in [1.29, 1.82) is 0 Å². The summed E-state index contributed by atoms with van der Waals surface area (Å²) in [5.41, 5.74) is 4.50. The van der Waals surface area contributed by atoms with Crippen molar-refractivity contribution in [2.75, 3.05) is 31.1 Å². The Morgan fingerprint density at radius 3 is 1.96 bits per heavy atom. The van der Waals surface area contributed by atoms with Gasteiger partial charge in [0, 0.05) is 31.9 Å². The van der Waals surface area contributed by atoms with Crippen LogP contribution in [0.1, 0.15) is 37.5 Å². The summed E-state index contributed by atoms with van der Waals surface area (Å²) in [5, 5.41) is 0. The van der Waals surface area contributed by atoms with Crippen LogP contribution in [0.15, 0.2) is 47.4 Å². The van der Waals surface area contributed by atoms with E-state index in [1.807, 2.05) is 26.0 Å². The van der Waals surface area contributed by atoms with Crippen molar-refractivity contribution in [1.82, 2.24) is 4.31 Å². The fourth-order valence-electron chi connectivity index (χ4n) is 3.59. The van der Waals surface area contributed by atoms with Gasteiger partial charge in [-0.25, -0.2) is 8.42 Å². The molecule has 0 saturated carbocycles. The molecule has 27 heavy (non-hydrogen) atoms. The lowest BCUT2D eigenvalue weighted by atomic mass is 9.87. The molecule has 1 heterocycles. The Balaban J connectivity index is 1.71.